The van der Waals surface area contributed by atoms with Crippen LogP contribution < -0.4 is 0 Å². The van der Waals surface area contributed by atoms with E-state index in [1.54, 1.807) is 6.92 Å². The van der Waals surface area contributed by atoms with Crippen molar-refractivity contribution in [3.8, 4) is 0 Å². The minimum atomic E-state index is -0.00213. The number of hydrogen-bond donors (Lipinski definition) is 0. The van der Waals surface area contributed by atoms with E-state index >= 15 is 0 Å². The van der Waals surface area contributed by atoms with Crippen LogP contribution in [-0.2, 0) is 4.79 Å². The van der Waals surface area contributed by atoms with Crippen LogP contribution in [0.4, 0.5) is 0 Å². The summed E-state index contributed by atoms with van der Waals surface area (Å²) in [6, 6.07) is 17.0. The molecule has 2 aromatic rings. The van der Waals surface area contributed by atoms with Gasteiger partial charge >= 0.3 is 0 Å². The van der Waals surface area contributed by atoms with E-state index in [0.717, 1.165) is 22.5 Å². The minimum absolute atomic E-state index is 0.00213. The Kier molecular flexibility index (Phi) is 6.68. The first-order chi connectivity index (χ1) is 12.3. The number of rotatable bonds is 6. The number of hydrogen-bond acceptors (Lipinski definition) is 2. The Morgan fingerprint density at radius 2 is 1.31 bits per heavy atom. The lowest BCUT2D eigenvalue weighted by Gasteiger charge is -2.13. The van der Waals surface area contributed by atoms with E-state index in [2.05, 4.69) is 69.3 Å². The van der Waals surface area contributed by atoms with Gasteiger partial charge in [-0.15, -0.1) is 0 Å². The Hall–Kier alpha value is -2.48. The first kappa shape index (κ1) is 19.8. The molecule has 0 heterocycles. The predicted octanol–water partition coefficient (Wildman–Crippen LogP) is 6.27. The van der Waals surface area contributed by atoms with Gasteiger partial charge in [-0.25, -0.2) is 0 Å². The molecule has 0 aliphatic rings. The molecular formula is C24H29NO. The number of nitrogens with zero attached hydrogens (tertiary/aromatic N) is 1. The van der Waals surface area contributed by atoms with Crippen LogP contribution in [0.15, 0.2) is 53.5 Å². The number of aliphatic imine (C=N–C) groups is 1. The largest absolute Gasteiger partial charge is 0.300 e. The molecule has 0 aliphatic heterocycles. The van der Waals surface area contributed by atoms with Crippen LogP contribution in [0.3, 0.4) is 0 Å². The summed E-state index contributed by atoms with van der Waals surface area (Å²) in [4.78, 5) is 16.5. The van der Waals surface area contributed by atoms with Gasteiger partial charge in [-0.3, -0.25) is 9.79 Å². The summed E-state index contributed by atoms with van der Waals surface area (Å²) >= 11 is 0. The molecule has 2 heteroatoms. The van der Waals surface area contributed by atoms with Gasteiger partial charge in [0.2, 0.25) is 0 Å². The number of benzene rings is 2. The second kappa shape index (κ2) is 8.75. The highest BCUT2D eigenvalue weighted by atomic mass is 16.1. The standard InChI is InChI=1S/C24H29NO/c1-16-7-11-22(12-8-16)20(5)24(23-13-9-17(2)10-14-23)25-19(4)15-18(3)21(6)26/h7-14,18H,15H2,1-6H3/b24-20+,25-19?. The fourth-order valence-corrected chi connectivity index (χ4v) is 2.84. The summed E-state index contributed by atoms with van der Waals surface area (Å²) in [6.45, 7) is 11.9. The Morgan fingerprint density at radius 1 is 0.846 bits per heavy atom. The van der Waals surface area contributed by atoms with E-state index in [1.807, 2.05) is 13.8 Å². The fourth-order valence-electron chi connectivity index (χ4n) is 2.84. The highest BCUT2D eigenvalue weighted by Crippen LogP contribution is 2.28. The van der Waals surface area contributed by atoms with E-state index in [0.29, 0.717) is 6.42 Å². The lowest BCUT2D eigenvalue weighted by Crippen LogP contribution is -2.10. The molecule has 0 aromatic heterocycles. The minimum Gasteiger partial charge on any atom is -0.300 e. The molecule has 26 heavy (non-hydrogen) atoms. The van der Waals surface area contributed by atoms with Gasteiger partial charge in [0, 0.05) is 17.2 Å². The van der Waals surface area contributed by atoms with E-state index in [4.69, 9.17) is 4.99 Å². The average Bonchev–Trinajstić information content (AvgIpc) is 2.60. The van der Waals surface area contributed by atoms with E-state index in [1.165, 1.54) is 16.7 Å². The van der Waals surface area contributed by atoms with Crippen molar-refractivity contribution in [2.45, 2.75) is 48.0 Å². The first-order valence-corrected chi connectivity index (χ1v) is 9.17. The molecule has 2 rings (SSSR count). The van der Waals surface area contributed by atoms with E-state index in [9.17, 15) is 4.79 Å². The van der Waals surface area contributed by atoms with Gasteiger partial charge < -0.3 is 0 Å². The van der Waals surface area contributed by atoms with Crippen LogP contribution in [0.2, 0.25) is 0 Å². The number of Topliss-reactive ketones (excluding diaryl/α,β-unsaturated/α-hetero) is 1. The lowest BCUT2D eigenvalue weighted by atomic mass is 9.98. The number of ketones is 1. The molecule has 0 fully saturated rings. The number of aryl methyl sites for hydroxylation is 2. The molecule has 1 unspecified atom stereocenters. The SMILES string of the molecule is CC(=O)C(C)CC(C)=N/C(=C(\C)c1ccc(C)cc1)c1ccc(C)cc1. The van der Waals surface area contributed by atoms with Crippen molar-refractivity contribution >= 4 is 22.8 Å². The van der Waals surface area contributed by atoms with Crippen molar-refractivity contribution in [3.63, 3.8) is 0 Å². The smallest absolute Gasteiger partial charge is 0.133 e. The summed E-state index contributed by atoms with van der Waals surface area (Å²) in [7, 11) is 0. The molecule has 0 spiro atoms. The van der Waals surface area contributed by atoms with Crippen molar-refractivity contribution < 1.29 is 4.79 Å². The van der Waals surface area contributed by atoms with Gasteiger partial charge in [0.25, 0.3) is 0 Å². The summed E-state index contributed by atoms with van der Waals surface area (Å²) < 4.78 is 0. The summed E-state index contributed by atoms with van der Waals surface area (Å²) in [5.41, 5.74) is 7.84. The Labute approximate surface area is 157 Å². The Bertz CT molecular complexity index is 824. The number of carbonyl (C=O) groups is 1. The molecule has 136 valence electrons. The van der Waals surface area contributed by atoms with Crippen LogP contribution in [0.5, 0.6) is 0 Å². The van der Waals surface area contributed by atoms with Crippen molar-refractivity contribution in [1.82, 2.24) is 0 Å². The highest BCUT2D eigenvalue weighted by molar-refractivity contribution is 5.97. The number of allylic oxidation sites excluding steroid dienone is 1. The predicted molar refractivity (Wildman–Crippen MR) is 112 cm³/mol. The maximum atomic E-state index is 11.6. The lowest BCUT2D eigenvalue weighted by molar-refractivity contribution is -0.120. The maximum absolute atomic E-state index is 11.6. The quantitative estimate of drug-likeness (QED) is 0.447. The second-order valence-electron chi connectivity index (χ2n) is 7.27. The number of carbonyl (C=O) groups excluding carboxylic acids is 1. The van der Waals surface area contributed by atoms with Crippen molar-refractivity contribution in [2.75, 3.05) is 0 Å². The highest BCUT2D eigenvalue weighted by Gasteiger charge is 2.12. The fraction of sp³-hybridized carbons (Fsp3) is 0.333. The second-order valence-corrected chi connectivity index (χ2v) is 7.27. The molecule has 2 nitrogen and oxygen atoms in total. The van der Waals surface area contributed by atoms with Gasteiger partial charge in [-0.1, -0.05) is 66.6 Å². The van der Waals surface area contributed by atoms with Gasteiger partial charge in [-0.05, 0) is 52.2 Å². The van der Waals surface area contributed by atoms with Crippen LogP contribution in [0, 0.1) is 19.8 Å². The Morgan fingerprint density at radius 3 is 1.77 bits per heavy atom. The monoisotopic (exact) mass is 347 g/mol. The maximum Gasteiger partial charge on any atom is 0.133 e. The zero-order chi connectivity index (χ0) is 19.3. The summed E-state index contributed by atoms with van der Waals surface area (Å²) in [5, 5.41) is 0. The zero-order valence-electron chi connectivity index (χ0n) is 16.8. The van der Waals surface area contributed by atoms with Gasteiger partial charge in [0.05, 0.1) is 5.70 Å². The van der Waals surface area contributed by atoms with Crippen LogP contribution >= 0.6 is 0 Å². The summed E-state index contributed by atoms with van der Waals surface area (Å²) in [5.74, 6) is 0.202. The molecule has 0 bridgehead atoms. The van der Waals surface area contributed by atoms with Crippen LogP contribution in [0.1, 0.15) is 56.4 Å². The molecule has 2 aromatic carbocycles. The summed E-state index contributed by atoms with van der Waals surface area (Å²) in [6.07, 6.45) is 0.686. The topological polar surface area (TPSA) is 29.4 Å². The molecule has 0 aliphatic carbocycles. The molecule has 0 saturated carbocycles. The molecule has 1 atom stereocenters. The van der Waals surface area contributed by atoms with Gasteiger partial charge in [0.1, 0.15) is 5.78 Å². The van der Waals surface area contributed by atoms with E-state index < -0.39 is 0 Å². The third-order valence-corrected chi connectivity index (χ3v) is 4.76. The normalized spacial score (nSPS) is 14.0. The third kappa shape index (κ3) is 5.26. The third-order valence-electron chi connectivity index (χ3n) is 4.76. The van der Waals surface area contributed by atoms with Crippen molar-refractivity contribution in [2.24, 2.45) is 10.9 Å². The average molecular weight is 348 g/mol. The van der Waals surface area contributed by atoms with Crippen LogP contribution in [0.25, 0.3) is 11.3 Å². The van der Waals surface area contributed by atoms with E-state index in [-0.39, 0.29) is 11.7 Å². The first-order valence-electron chi connectivity index (χ1n) is 9.17. The van der Waals surface area contributed by atoms with Crippen molar-refractivity contribution in [3.05, 3.63) is 70.8 Å². The van der Waals surface area contributed by atoms with Crippen LogP contribution in [-0.4, -0.2) is 11.5 Å². The Balaban J connectivity index is 2.51. The van der Waals surface area contributed by atoms with Gasteiger partial charge in [0.15, 0.2) is 0 Å². The molecule has 0 radical (unpaired) electrons. The molecule has 0 saturated heterocycles. The molecule has 0 N–H and O–H groups in total. The zero-order valence-corrected chi connectivity index (χ0v) is 16.8. The van der Waals surface area contributed by atoms with Crippen molar-refractivity contribution in [1.29, 1.82) is 0 Å². The van der Waals surface area contributed by atoms with Gasteiger partial charge in [-0.2, -0.15) is 0 Å². The molecule has 0 amide bonds. The molecular weight excluding hydrogens is 318 g/mol.